The standard InChI is InChI=1S/C18H23N5O2/c1-13(24)21-14-4-6-15(7-5-14)22-18(25)17-12-16(8-9-20-17)19-10-11-23(2)3/h4-9,12H,10-11H2,1-3H3,(H,19,20)(H,21,24)(H,22,25). The normalized spacial score (nSPS) is 10.4. The molecule has 0 aliphatic carbocycles. The van der Waals surface area contributed by atoms with E-state index >= 15 is 0 Å². The lowest BCUT2D eigenvalue weighted by atomic mass is 10.2. The fourth-order valence-electron chi connectivity index (χ4n) is 2.12. The Kier molecular flexibility index (Phi) is 6.47. The first-order valence-electron chi connectivity index (χ1n) is 7.97. The average molecular weight is 341 g/mol. The van der Waals surface area contributed by atoms with Crippen molar-refractivity contribution in [3.63, 3.8) is 0 Å². The molecule has 0 bridgehead atoms. The number of carbonyl (C=O) groups is 2. The maximum Gasteiger partial charge on any atom is 0.274 e. The molecular weight excluding hydrogens is 318 g/mol. The molecule has 25 heavy (non-hydrogen) atoms. The van der Waals surface area contributed by atoms with E-state index in [9.17, 15) is 9.59 Å². The van der Waals surface area contributed by atoms with E-state index in [1.807, 2.05) is 20.2 Å². The Morgan fingerprint density at radius 3 is 2.24 bits per heavy atom. The van der Waals surface area contributed by atoms with E-state index in [1.165, 1.54) is 6.92 Å². The van der Waals surface area contributed by atoms with Gasteiger partial charge in [0.25, 0.3) is 5.91 Å². The topological polar surface area (TPSA) is 86.4 Å². The predicted octanol–water partition coefficient (Wildman–Crippen LogP) is 2.27. The molecule has 0 fully saturated rings. The van der Waals surface area contributed by atoms with Crippen molar-refractivity contribution in [2.24, 2.45) is 0 Å². The lowest BCUT2D eigenvalue weighted by molar-refractivity contribution is -0.114. The van der Waals surface area contributed by atoms with Crippen LogP contribution in [0.4, 0.5) is 17.1 Å². The highest BCUT2D eigenvalue weighted by Gasteiger charge is 2.09. The highest BCUT2D eigenvalue weighted by atomic mass is 16.2. The first-order chi connectivity index (χ1) is 11.9. The largest absolute Gasteiger partial charge is 0.384 e. The molecular formula is C18H23N5O2. The summed E-state index contributed by atoms with van der Waals surface area (Å²) in [6.45, 7) is 3.12. The molecule has 0 atom stereocenters. The maximum absolute atomic E-state index is 12.3. The lowest BCUT2D eigenvalue weighted by Crippen LogP contribution is -2.21. The first-order valence-corrected chi connectivity index (χ1v) is 7.97. The molecule has 0 spiro atoms. The summed E-state index contributed by atoms with van der Waals surface area (Å²) in [6, 6.07) is 10.4. The number of hydrogen-bond donors (Lipinski definition) is 3. The summed E-state index contributed by atoms with van der Waals surface area (Å²) in [5, 5.41) is 8.73. The van der Waals surface area contributed by atoms with Gasteiger partial charge in [-0.15, -0.1) is 0 Å². The van der Waals surface area contributed by atoms with Gasteiger partial charge in [-0.2, -0.15) is 0 Å². The molecule has 2 amide bonds. The number of hydrogen-bond acceptors (Lipinski definition) is 5. The third kappa shape index (κ3) is 6.23. The summed E-state index contributed by atoms with van der Waals surface area (Å²) in [5.41, 5.74) is 2.49. The molecule has 0 aliphatic heterocycles. The maximum atomic E-state index is 12.3. The summed E-state index contributed by atoms with van der Waals surface area (Å²) in [6.07, 6.45) is 1.60. The smallest absolute Gasteiger partial charge is 0.274 e. The van der Waals surface area contributed by atoms with Gasteiger partial charge in [-0.05, 0) is 50.5 Å². The molecule has 7 heteroatoms. The highest BCUT2D eigenvalue weighted by Crippen LogP contribution is 2.15. The molecule has 0 saturated heterocycles. The van der Waals surface area contributed by atoms with E-state index < -0.39 is 0 Å². The molecule has 0 unspecified atom stereocenters. The minimum absolute atomic E-state index is 0.139. The fraction of sp³-hybridized carbons (Fsp3) is 0.278. The molecule has 0 aliphatic rings. The second-order valence-corrected chi connectivity index (χ2v) is 5.87. The molecule has 1 aromatic heterocycles. The molecule has 0 saturated carbocycles. The molecule has 2 rings (SSSR count). The SMILES string of the molecule is CC(=O)Nc1ccc(NC(=O)c2cc(NCCN(C)C)ccn2)cc1. The zero-order chi connectivity index (χ0) is 18.2. The Morgan fingerprint density at radius 1 is 1.00 bits per heavy atom. The van der Waals surface area contributed by atoms with Crippen LogP contribution in [-0.4, -0.2) is 48.9 Å². The Morgan fingerprint density at radius 2 is 1.64 bits per heavy atom. The van der Waals surface area contributed by atoms with Gasteiger partial charge in [-0.1, -0.05) is 0 Å². The Labute approximate surface area is 147 Å². The lowest BCUT2D eigenvalue weighted by Gasteiger charge is -2.12. The number of likely N-dealkylation sites (N-methyl/N-ethyl adjacent to an activating group) is 1. The third-order valence-electron chi connectivity index (χ3n) is 3.34. The minimum Gasteiger partial charge on any atom is -0.384 e. The van der Waals surface area contributed by atoms with Crippen LogP contribution in [-0.2, 0) is 4.79 Å². The summed E-state index contributed by atoms with van der Waals surface area (Å²) >= 11 is 0. The predicted molar refractivity (Wildman–Crippen MR) is 100.0 cm³/mol. The summed E-state index contributed by atoms with van der Waals surface area (Å²) in [4.78, 5) is 29.5. The molecule has 2 aromatic rings. The van der Waals surface area contributed by atoms with E-state index in [0.29, 0.717) is 17.1 Å². The minimum atomic E-state index is -0.288. The van der Waals surface area contributed by atoms with Crippen LogP contribution >= 0.6 is 0 Å². The molecule has 1 aromatic carbocycles. The van der Waals surface area contributed by atoms with Gasteiger partial charge < -0.3 is 20.9 Å². The van der Waals surface area contributed by atoms with Crippen LogP contribution < -0.4 is 16.0 Å². The number of pyridine rings is 1. The monoisotopic (exact) mass is 341 g/mol. The molecule has 132 valence electrons. The second kappa shape index (κ2) is 8.79. The van der Waals surface area contributed by atoms with Crippen molar-refractivity contribution in [3.8, 4) is 0 Å². The number of aromatic nitrogens is 1. The van der Waals surface area contributed by atoms with Crippen LogP contribution in [0.15, 0.2) is 42.6 Å². The van der Waals surface area contributed by atoms with Crippen molar-refractivity contribution in [2.75, 3.05) is 43.1 Å². The van der Waals surface area contributed by atoms with Crippen LogP contribution in [0.3, 0.4) is 0 Å². The number of carbonyl (C=O) groups excluding carboxylic acids is 2. The summed E-state index contributed by atoms with van der Waals surface area (Å²) in [7, 11) is 4.01. The Balaban J connectivity index is 1.97. The number of rotatable bonds is 7. The van der Waals surface area contributed by atoms with Crippen LogP contribution in [0.5, 0.6) is 0 Å². The number of nitrogens with zero attached hydrogens (tertiary/aromatic N) is 2. The van der Waals surface area contributed by atoms with E-state index in [0.717, 1.165) is 18.8 Å². The van der Waals surface area contributed by atoms with Crippen LogP contribution in [0.1, 0.15) is 17.4 Å². The van der Waals surface area contributed by atoms with Gasteiger partial charge in [0.15, 0.2) is 0 Å². The molecule has 0 radical (unpaired) electrons. The molecule has 3 N–H and O–H groups in total. The van der Waals surface area contributed by atoms with Gasteiger partial charge in [-0.3, -0.25) is 14.6 Å². The zero-order valence-electron chi connectivity index (χ0n) is 14.7. The molecule has 1 heterocycles. The third-order valence-corrected chi connectivity index (χ3v) is 3.34. The van der Waals surface area contributed by atoms with Crippen molar-refractivity contribution in [1.29, 1.82) is 0 Å². The van der Waals surface area contributed by atoms with Gasteiger partial charge in [0.2, 0.25) is 5.91 Å². The van der Waals surface area contributed by atoms with E-state index in [-0.39, 0.29) is 11.8 Å². The zero-order valence-corrected chi connectivity index (χ0v) is 14.7. The summed E-state index contributed by atoms with van der Waals surface area (Å²) in [5.74, 6) is -0.428. The Bertz CT molecular complexity index is 729. The number of amides is 2. The van der Waals surface area contributed by atoms with Gasteiger partial charge in [-0.25, -0.2) is 0 Å². The first kappa shape index (κ1) is 18.4. The fourth-order valence-corrected chi connectivity index (χ4v) is 2.12. The number of anilines is 3. The van der Waals surface area contributed by atoms with E-state index in [4.69, 9.17) is 0 Å². The van der Waals surface area contributed by atoms with Crippen LogP contribution in [0.2, 0.25) is 0 Å². The van der Waals surface area contributed by atoms with Gasteiger partial charge >= 0.3 is 0 Å². The van der Waals surface area contributed by atoms with Crippen LogP contribution in [0, 0.1) is 0 Å². The average Bonchev–Trinajstić information content (AvgIpc) is 2.56. The quantitative estimate of drug-likeness (QED) is 0.719. The van der Waals surface area contributed by atoms with Crippen molar-refractivity contribution >= 4 is 28.9 Å². The number of nitrogens with one attached hydrogen (secondary N) is 3. The van der Waals surface area contributed by atoms with Gasteiger partial charge in [0, 0.05) is 43.3 Å². The van der Waals surface area contributed by atoms with Crippen molar-refractivity contribution in [2.45, 2.75) is 6.92 Å². The van der Waals surface area contributed by atoms with E-state index in [1.54, 1.807) is 36.5 Å². The van der Waals surface area contributed by atoms with Gasteiger partial charge in [0.05, 0.1) is 0 Å². The van der Waals surface area contributed by atoms with Crippen molar-refractivity contribution in [1.82, 2.24) is 9.88 Å². The van der Waals surface area contributed by atoms with Gasteiger partial charge in [0.1, 0.15) is 5.69 Å². The summed E-state index contributed by atoms with van der Waals surface area (Å²) < 4.78 is 0. The van der Waals surface area contributed by atoms with E-state index in [2.05, 4.69) is 25.8 Å². The Hall–Kier alpha value is -2.93. The number of benzene rings is 1. The van der Waals surface area contributed by atoms with Crippen LogP contribution in [0.25, 0.3) is 0 Å². The second-order valence-electron chi connectivity index (χ2n) is 5.87. The van der Waals surface area contributed by atoms with Crippen molar-refractivity contribution in [3.05, 3.63) is 48.3 Å². The highest BCUT2D eigenvalue weighted by molar-refractivity contribution is 6.03. The van der Waals surface area contributed by atoms with Crippen molar-refractivity contribution < 1.29 is 9.59 Å². The molecule has 7 nitrogen and oxygen atoms in total.